The van der Waals surface area contributed by atoms with E-state index in [1.807, 2.05) is 12.1 Å². The summed E-state index contributed by atoms with van der Waals surface area (Å²) in [7, 11) is 0. The third-order valence-corrected chi connectivity index (χ3v) is 4.35. The van der Waals surface area contributed by atoms with E-state index in [9.17, 15) is 4.39 Å². The third-order valence-electron chi connectivity index (χ3n) is 4.35. The summed E-state index contributed by atoms with van der Waals surface area (Å²) in [5.74, 6) is 0.580. The highest BCUT2D eigenvalue weighted by Crippen LogP contribution is 2.30. The minimum absolute atomic E-state index is 0.202. The van der Waals surface area contributed by atoms with Gasteiger partial charge in [0, 0.05) is 6.08 Å². The van der Waals surface area contributed by atoms with Gasteiger partial charge < -0.3 is 4.74 Å². The van der Waals surface area contributed by atoms with Gasteiger partial charge in [-0.05, 0) is 62.1 Å². The van der Waals surface area contributed by atoms with Crippen LogP contribution in [0.4, 0.5) is 4.39 Å². The number of halogens is 1. The molecule has 1 aromatic carbocycles. The van der Waals surface area contributed by atoms with Crippen molar-refractivity contribution in [3.63, 3.8) is 0 Å². The lowest BCUT2D eigenvalue weighted by molar-refractivity contribution is 0.00645. The van der Waals surface area contributed by atoms with Crippen LogP contribution in [0, 0.1) is 23.1 Å². The normalized spacial score (nSPS) is 21.7. The monoisotopic (exact) mass is 313 g/mol. The van der Waals surface area contributed by atoms with Crippen LogP contribution in [0.25, 0.3) is 0 Å². The molecule has 1 saturated carbocycles. The fourth-order valence-corrected chi connectivity index (χ4v) is 2.99. The summed E-state index contributed by atoms with van der Waals surface area (Å²) < 4.78 is 18.8. The molecule has 0 radical (unpaired) electrons. The number of hydrogen-bond donors (Lipinski definition) is 0. The first-order valence-electron chi connectivity index (χ1n) is 8.35. The van der Waals surface area contributed by atoms with Crippen LogP contribution in [0.1, 0.15) is 44.1 Å². The number of nitrogens with zero attached hydrogens (tertiary/aromatic N) is 1. The summed E-state index contributed by atoms with van der Waals surface area (Å²) in [5, 5.41) is 8.38. The SMILES string of the molecule is N#C/C=C/C=C/CC[C@H]1CC[C@H](OCc2ccc(F)cc2)CC1. The van der Waals surface area contributed by atoms with Crippen molar-refractivity contribution in [3.8, 4) is 6.07 Å². The zero-order valence-corrected chi connectivity index (χ0v) is 13.5. The number of benzene rings is 1. The van der Waals surface area contributed by atoms with E-state index in [1.54, 1.807) is 18.2 Å². The first-order valence-corrected chi connectivity index (χ1v) is 8.35. The molecule has 1 aliphatic rings. The molecule has 23 heavy (non-hydrogen) atoms. The van der Waals surface area contributed by atoms with E-state index < -0.39 is 0 Å². The molecular formula is C20H24FNO. The zero-order chi connectivity index (χ0) is 16.3. The van der Waals surface area contributed by atoms with Gasteiger partial charge in [0.1, 0.15) is 5.82 Å². The van der Waals surface area contributed by atoms with Crippen LogP contribution in [-0.4, -0.2) is 6.10 Å². The largest absolute Gasteiger partial charge is 0.374 e. The molecule has 0 atom stereocenters. The van der Waals surface area contributed by atoms with Crippen molar-refractivity contribution in [1.29, 1.82) is 5.26 Å². The van der Waals surface area contributed by atoms with Crippen LogP contribution < -0.4 is 0 Å². The standard InChI is InChI=1S/C20H24FNO/c21-19-11-7-18(8-12-19)16-23-20-13-9-17(10-14-20)6-4-2-1-3-5-15-22/h1-3,5,7-8,11-12,17,20H,4,6,9-10,13-14,16H2/b2-1+,5-3+/t17-,20-. The van der Waals surface area contributed by atoms with Crippen LogP contribution in [0.15, 0.2) is 48.6 Å². The minimum atomic E-state index is -0.202. The quantitative estimate of drug-likeness (QED) is 0.504. The van der Waals surface area contributed by atoms with Crippen LogP contribution in [0.3, 0.4) is 0 Å². The third kappa shape index (κ3) is 6.80. The second-order valence-electron chi connectivity index (χ2n) is 6.07. The van der Waals surface area contributed by atoms with Crippen molar-refractivity contribution >= 4 is 0 Å². The first kappa shape index (κ1) is 17.4. The molecule has 3 heteroatoms. The topological polar surface area (TPSA) is 33.0 Å². The molecule has 1 fully saturated rings. The van der Waals surface area contributed by atoms with Gasteiger partial charge in [-0.3, -0.25) is 0 Å². The van der Waals surface area contributed by atoms with Gasteiger partial charge in [-0.15, -0.1) is 0 Å². The van der Waals surface area contributed by atoms with E-state index in [1.165, 1.54) is 37.5 Å². The number of hydrogen-bond acceptors (Lipinski definition) is 2. The molecule has 0 unspecified atom stereocenters. The van der Waals surface area contributed by atoms with Crippen LogP contribution >= 0.6 is 0 Å². The highest BCUT2D eigenvalue weighted by Gasteiger charge is 2.21. The Bertz CT molecular complexity index is 548. The lowest BCUT2D eigenvalue weighted by Gasteiger charge is -2.28. The minimum Gasteiger partial charge on any atom is -0.374 e. The van der Waals surface area contributed by atoms with Crippen LogP contribution in [0.5, 0.6) is 0 Å². The molecular weight excluding hydrogens is 289 g/mol. The van der Waals surface area contributed by atoms with E-state index in [0.717, 1.165) is 30.7 Å². The van der Waals surface area contributed by atoms with Crippen LogP contribution in [-0.2, 0) is 11.3 Å². The van der Waals surface area contributed by atoms with Gasteiger partial charge in [-0.1, -0.05) is 30.4 Å². The van der Waals surface area contributed by atoms with Gasteiger partial charge in [0.25, 0.3) is 0 Å². The van der Waals surface area contributed by atoms with Gasteiger partial charge in [0.05, 0.1) is 18.8 Å². The van der Waals surface area contributed by atoms with Crippen LogP contribution in [0.2, 0.25) is 0 Å². The Hall–Kier alpha value is -1.92. The van der Waals surface area contributed by atoms with Crippen molar-refractivity contribution in [2.24, 2.45) is 5.92 Å². The Morgan fingerprint density at radius 1 is 1.13 bits per heavy atom. The molecule has 1 aromatic rings. The first-order chi connectivity index (χ1) is 11.3. The molecule has 2 rings (SSSR count). The average molecular weight is 313 g/mol. The molecule has 0 N–H and O–H groups in total. The number of rotatable bonds is 7. The van der Waals surface area contributed by atoms with Crippen molar-refractivity contribution in [2.45, 2.75) is 51.2 Å². The highest BCUT2D eigenvalue weighted by atomic mass is 19.1. The molecule has 0 saturated heterocycles. The van der Waals surface area contributed by atoms with Gasteiger partial charge in [-0.2, -0.15) is 5.26 Å². The van der Waals surface area contributed by atoms with E-state index in [2.05, 4.69) is 6.08 Å². The van der Waals surface area contributed by atoms with E-state index in [4.69, 9.17) is 10.00 Å². The maximum absolute atomic E-state index is 12.8. The van der Waals surface area contributed by atoms with Gasteiger partial charge in [-0.25, -0.2) is 4.39 Å². The Kier molecular flexibility index (Phi) is 7.56. The van der Waals surface area contributed by atoms with Gasteiger partial charge in [0.2, 0.25) is 0 Å². The number of nitriles is 1. The number of allylic oxidation sites excluding steroid dienone is 4. The maximum Gasteiger partial charge on any atom is 0.123 e. The van der Waals surface area contributed by atoms with E-state index in [-0.39, 0.29) is 5.82 Å². The molecule has 0 aliphatic heterocycles. The maximum atomic E-state index is 12.8. The zero-order valence-electron chi connectivity index (χ0n) is 13.5. The van der Waals surface area contributed by atoms with Crippen molar-refractivity contribution in [1.82, 2.24) is 0 Å². The lowest BCUT2D eigenvalue weighted by Crippen LogP contribution is -2.21. The summed E-state index contributed by atoms with van der Waals surface area (Å²) in [5.41, 5.74) is 1.03. The molecule has 0 heterocycles. The van der Waals surface area contributed by atoms with Crippen molar-refractivity contribution in [3.05, 3.63) is 60.0 Å². The number of ether oxygens (including phenoxy) is 1. The molecule has 2 nitrogen and oxygen atoms in total. The highest BCUT2D eigenvalue weighted by molar-refractivity contribution is 5.15. The molecule has 0 aromatic heterocycles. The smallest absolute Gasteiger partial charge is 0.123 e. The van der Waals surface area contributed by atoms with E-state index >= 15 is 0 Å². The summed E-state index contributed by atoms with van der Waals surface area (Å²) in [6.45, 7) is 0.573. The van der Waals surface area contributed by atoms with Gasteiger partial charge in [0.15, 0.2) is 0 Å². The van der Waals surface area contributed by atoms with Crippen molar-refractivity contribution < 1.29 is 9.13 Å². The summed E-state index contributed by atoms with van der Waals surface area (Å²) in [6.07, 6.45) is 14.6. The second-order valence-corrected chi connectivity index (χ2v) is 6.07. The average Bonchev–Trinajstić information content (AvgIpc) is 2.58. The Balaban J connectivity index is 1.60. The Labute approximate surface area is 138 Å². The van der Waals surface area contributed by atoms with Gasteiger partial charge >= 0.3 is 0 Å². The molecule has 1 aliphatic carbocycles. The van der Waals surface area contributed by atoms with E-state index in [0.29, 0.717) is 12.7 Å². The molecule has 0 spiro atoms. The Morgan fingerprint density at radius 2 is 1.87 bits per heavy atom. The fraction of sp³-hybridized carbons (Fsp3) is 0.450. The molecule has 0 amide bonds. The molecule has 122 valence electrons. The Morgan fingerprint density at radius 3 is 2.57 bits per heavy atom. The second kappa shape index (κ2) is 9.97. The predicted molar refractivity (Wildman–Crippen MR) is 90.1 cm³/mol. The summed E-state index contributed by atoms with van der Waals surface area (Å²) in [4.78, 5) is 0. The molecule has 0 bridgehead atoms. The fourth-order valence-electron chi connectivity index (χ4n) is 2.99. The summed E-state index contributed by atoms with van der Waals surface area (Å²) in [6, 6.07) is 8.51. The predicted octanol–water partition coefficient (Wildman–Crippen LogP) is 5.32. The summed E-state index contributed by atoms with van der Waals surface area (Å²) >= 11 is 0. The lowest BCUT2D eigenvalue weighted by atomic mass is 9.84. The van der Waals surface area contributed by atoms with Crippen molar-refractivity contribution in [2.75, 3.05) is 0 Å².